The zero-order chi connectivity index (χ0) is 17.9. The van der Waals surface area contributed by atoms with Gasteiger partial charge in [-0.2, -0.15) is 0 Å². The summed E-state index contributed by atoms with van der Waals surface area (Å²) in [6, 6.07) is 17.9. The average molecular weight is 347 g/mol. The minimum atomic E-state index is 0.0102. The molecule has 0 N–H and O–H groups in total. The van der Waals surface area contributed by atoms with Crippen molar-refractivity contribution < 1.29 is 9.53 Å². The maximum absolute atomic E-state index is 13.1. The van der Waals surface area contributed by atoms with E-state index in [2.05, 4.69) is 21.7 Å². The van der Waals surface area contributed by atoms with Crippen LogP contribution in [-0.2, 0) is 24.3 Å². The van der Waals surface area contributed by atoms with E-state index in [0.717, 1.165) is 29.2 Å². The largest absolute Gasteiger partial charge is 0.497 e. The van der Waals surface area contributed by atoms with E-state index >= 15 is 0 Å². The lowest BCUT2D eigenvalue weighted by molar-refractivity contribution is -0.135. The summed E-state index contributed by atoms with van der Waals surface area (Å²) in [5, 5.41) is 0. The number of nitrogens with zero attached hydrogens (tertiary/aromatic N) is 3. The third-order valence-corrected chi connectivity index (χ3v) is 4.85. The molecular formula is C21H21N3O2. The smallest absolute Gasteiger partial charge is 0.227 e. The van der Waals surface area contributed by atoms with Gasteiger partial charge in [-0.25, -0.2) is 4.98 Å². The number of hydrogen-bond acceptors (Lipinski definition) is 3. The van der Waals surface area contributed by atoms with Crippen LogP contribution in [0.5, 0.6) is 5.75 Å². The van der Waals surface area contributed by atoms with Gasteiger partial charge in [0.25, 0.3) is 0 Å². The van der Waals surface area contributed by atoms with Crippen molar-refractivity contribution in [1.29, 1.82) is 0 Å². The molecule has 0 fully saturated rings. The molecule has 4 rings (SSSR count). The zero-order valence-electron chi connectivity index (χ0n) is 14.7. The van der Waals surface area contributed by atoms with Gasteiger partial charge in [-0.1, -0.05) is 42.5 Å². The van der Waals surface area contributed by atoms with Crippen molar-refractivity contribution in [3.8, 4) is 5.75 Å². The molecule has 0 radical (unpaired) electrons. The van der Waals surface area contributed by atoms with Gasteiger partial charge in [0, 0.05) is 18.9 Å². The summed E-state index contributed by atoms with van der Waals surface area (Å²) < 4.78 is 7.40. The minimum Gasteiger partial charge on any atom is -0.497 e. The van der Waals surface area contributed by atoms with E-state index in [1.54, 1.807) is 13.3 Å². The van der Waals surface area contributed by atoms with E-state index in [-0.39, 0.29) is 11.9 Å². The number of methoxy groups -OCH3 is 1. The molecule has 0 spiro atoms. The van der Waals surface area contributed by atoms with Crippen LogP contribution < -0.4 is 4.74 Å². The van der Waals surface area contributed by atoms with E-state index in [4.69, 9.17) is 4.74 Å². The van der Waals surface area contributed by atoms with E-state index in [1.165, 1.54) is 0 Å². The van der Waals surface area contributed by atoms with Crippen LogP contribution in [-0.4, -0.2) is 27.5 Å². The molecule has 0 saturated carbocycles. The molecule has 5 nitrogen and oxygen atoms in total. The summed E-state index contributed by atoms with van der Waals surface area (Å²) in [6.07, 6.45) is 4.13. The Morgan fingerprint density at radius 2 is 2.04 bits per heavy atom. The maximum Gasteiger partial charge on any atom is 0.227 e. The summed E-state index contributed by atoms with van der Waals surface area (Å²) in [7, 11) is 1.64. The van der Waals surface area contributed by atoms with Gasteiger partial charge in [0.05, 0.1) is 26.1 Å². The van der Waals surface area contributed by atoms with Crippen LogP contribution in [0.25, 0.3) is 0 Å². The summed E-state index contributed by atoms with van der Waals surface area (Å²) >= 11 is 0. The molecule has 1 amide bonds. The fourth-order valence-corrected chi connectivity index (χ4v) is 3.49. The third-order valence-electron chi connectivity index (χ3n) is 4.85. The van der Waals surface area contributed by atoms with Crippen LogP contribution in [0.1, 0.15) is 23.0 Å². The Labute approximate surface area is 152 Å². The molecule has 1 aliphatic rings. The third kappa shape index (κ3) is 3.20. The molecular weight excluding hydrogens is 326 g/mol. The van der Waals surface area contributed by atoms with Crippen molar-refractivity contribution in [3.05, 3.63) is 83.9 Å². The van der Waals surface area contributed by atoms with Gasteiger partial charge >= 0.3 is 0 Å². The fourth-order valence-electron chi connectivity index (χ4n) is 3.49. The first kappa shape index (κ1) is 16.4. The first-order valence-corrected chi connectivity index (χ1v) is 8.72. The van der Waals surface area contributed by atoms with Gasteiger partial charge in [-0.3, -0.25) is 4.79 Å². The summed E-state index contributed by atoms with van der Waals surface area (Å²) in [5.41, 5.74) is 2.10. The van der Waals surface area contributed by atoms with Gasteiger partial charge in [-0.15, -0.1) is 0 Å². The molecule has 0 unspecified atom stereocenters. The summed E-state index contributed by atoms with van der Waals surface area (Å²) in [5.74, 6) is 1.79. The van der Waals surface area contributed by atoms with E-state index < -0.39 is 0 Å². The Bertz CT molecular complexity index is 904. The SMILES string of the molecule is COc1cccc(CC(=O)N2Cc3nccn3C[C@@H]2c2ccccc2)c1. The second-order valence-electron chi connectivity index (χ2n) is 6.47. The van der Waals surface area contributed by atoms with Crippen LogP contribution in [0.15, 0.2) is 67.0 Å². The molecule has 0 saturated heterocycles. The monoisotopic (exact) mass is 347 g/mol. The number of aromatic nitrogens is 2. The highest BCUT2D eigenvalue weighted by atomic mass is 16.5. The normalized spacial score (nSPS) is 16.2. The first-order valence-electron chi connectivity index (χ1n) is 8.72. The molecule has 3 aromatic rings. The van der Waals surface area contributed by atoms with Gasteiger partial charge in [-0.05, 0) is 23.3 Å². The number of rotatable bonds is 4. The molecule has 1 aromatic heterocycles. The van der Waals surface area contributed by atoms with Gasteiger partial charge in [0.15, 0.2) is 0 Å². The van der Waals surface area contributed by atoms with Crippen LogP contribution in [0.4, 0.5) is 0 Å². The first-order chi connectivity index (χ1) is 12.7. The van der Waals surface area contributed by atoms with E-state index in [0.29, 0.717) is 13.0 Å². The lowest BCUT2D eigenvalue weighted by Crippen LogP contribution is -2.41. The number of hydrogen-bond donors (Lipinski definition) is 0. The molecule has 2 aromatic carbocycles. The number of fused-ring (bicyclic) bond motifs is 1. The molecule has 1 aliphatic heterocycles. The van der Waals surface area contributed by atoms with E-state index in [1.807, 2.05) is 53.6 Å². The number of carbonyl (C=O) groups excluding carboxylic acids is 1. The molecule has 132 valence electrons. The Morgan fingerprint density at radius 3 is 2.85 bits per heavy atom. The van der Waals surface area contributed by atoms with Crippen LogP contribution in [0.3, 0.4) is 0 Å². The van der Waals surface area contributed by atoms with Crippen LogP contribution >= 0.6 is 0 Å². The van der Waals surface area contributed by atoms with Crippen LogP contribution in [0.2, 0.25) is 0 Å². The topological polar surface area (TPSA) is 47.4 Å². The van der Waals surface area contributed by atoms with Crippen molar-refractivity contribution in [1.82, 2.24) is 14.5 Å². The predicted octanol–water partition coefficient (Wildman–Crippen LogP) is 3.22. The molecule has 0 aliphatic carbocycles. The van der Waals surface area contributed by atoms with Gasteiger partial charge < -0.3 is 14.2 Å². The van der Waals surface area contributed by atoms with Crippen molar-refractivity contribution in [2.45, 2.75) is 25.6 Å². The highest BCUT2D eigenvalue weighted by Crippen LogP contribution is 2.30. The zero-order valence-corrected chi connectivity index (χ0v) is 14.7. The molecule has 1 atom stereocenters. The average Bonchev–Trinajstić information content (AvgIpc) is 3.15. The standard InChI is InChI=1S/C21H21N3O2/c1-26-18-9-5-6-16(12-18)13-21(25)24-15-20-22-10-11-23(20)14-19(24)17-7-3-2-4-8-17/h2-12,19H,13-15H2,1H3/t19-/m1/s1. The van der Waals surface area contributed by atoms with E-state index in [9.17, 15) is 4.79 Å². The van der Waals surface area contributed by atoms with Crippen molar-refractivity contribution >= 4 is 5.91 Å². The fraction of sp³-hybridized carbons (Fsp3) is 0.238. The molecule has 26 heavy (non-hydrogen) atoms. The number of amides is 1. The highest BCUT2D eigenvalue weighted by molar-refractivity contribution is 5.79. The van der Waals surface area contributed by atoms with Gasteiger partial charge in [0.1, 0.15) is 11.6 Å². The highest BCUT2D eigenvalue weighted by Gasteiger charge is 2.31. The lowest BCUT2D eigenvalue weighted by atomic mass is 10.0. The maximum atomic E-state index is 13.1. The number of ether oxygens (including phenoxy) is 1. The lowest BCUT2D eigenvalue weighted by Gasteiger charge is -2.36. The van der Waals surface area contributed by atoms with Crippen molar-refractivity contribution in [3.63, 3.8) is 0 Å². The predicted molar refractivity (Wildman–Crippen MR) is 98.7 cm³/mol. The Balaban J connectivity index is 1.62. The van der Waals surface area contributed by atoms with Gasteiger partial charge in [0.2, 0.25) is 5.91 Å². The summed E-state index contributed by atoms with van der Waals surface area (Å²) in [6.45, 7) is 1.25. The summed E-state index contributed by atoms with van der Waals surface area (Å²) in [4.78, 5) is 19.5. The Kier molecular flexibility index (Phi) is 4.44. The Hall–Kier alpha value is -3.08. The minimum absolute atomic E-state index is 0.0102. The molecule has 2 heterocycles. The number of imidazole rings is 1. The van der Waals surface area contributed by atoms with Crippen LogP contribution in [0, 0.1) is 0 Å². The second kappa shape index (κ2) is 7.04. The Morgan fingerprint density at radius 1 is 1.19 bits per heavy atom. The number of benzene rings is 2. The number of carbonyl (C=O) groups is 1. The second-order valence-corrected chi connectivity index (χ2v) is 6.47. The molecule has 0 bridgehead atoms. The molecule has 5 heteroatoms. The quantitative estimate of drug-likeness (QED) is 0.728. The van der Waals surface area contributed by atoms with Crippen molar-refractivity contribution in [2.24, 2.45) is 0 Å². The van der Waals surface area contributed by atoms with Crippen molar-refractivity contribution in [2.75, 3.05) is 7.11 Å².